The van der Waals surface area contributed by atoms with E-state index in [1.807, 2.05) is 13.8 Å². The van der Waals surface area contributed by atoms with E-state index in [9.17, 15) is 19.7 Å². The van der Waals surface area contributed by atoms with Crippen molar-refractivity contribution in [2.24, 2.45) is 10.9 Å². The Hall–Kier alpha value is -3.47. The zero-order chi connectivity index (χ0) is 20.4. The van der Waals surface area contributed by atoms with E-state index in [-0.39, 0.29) is 16.4 Å². The SMILES string of the molecule is CC.COC(=O)c1ccc(NC(=O)O/N=C(/N)c2csc([N+](=O)[O-])c2)cc1. The minimum Gasteiger partial charge on any atom is -0.465 e. The number of nitrogens with zero attached hydrogens (tertiary/aromatic N) is 2. The van der Waals surface area contributed by atoms with Gasteiger partial charge < -0.3 is 10.5 Å². The lowest BCUT2D eigenvalue weighted by Crippen LogP contribution is -2.17. The molecule has 10 nitrogen and oxygen atoms in total. The number of methoxy groups -OCH3 is 1. The molecule has 2 aromatic rings. The average molecular weight is 394 g/mol. The van der Waals surface area contributed by atoms with Gasteiger partial charge in [0.2, 0.25) is 0 Å². The maximum atomic E-state index is 11.6. The molecule has 0 saturated heterocycles. The van der Waals surface area contributed by atoms with Crippen molar-refractivity contribution in [2.75, 3.05) is 12.4 Å². The number of ether oxygens (including phenoxy) is 1. The average Bonchev–Trinajstić information content (AvgIpc) is 3.18. The van der Waals surface area contributed by atoms with Crippen molar-refractivity contribution in [1.82, 2.24) is 0 Å². The topological polar surface area (TPSA) is 146 Å². The maximum Gasteiger partial charge on any atom is 0.437 e. The summed E-state index contributed by atoms with van der Waals surface area (Å²) in [4.78, 5) is 37.6. The van der Waals surface area contributed by atoms with Gasteiger partial charge in [-0.05, 0) is 24.3 Å². The van der Waals surface area contributed by atoms with Crippen molar-refractivity contribution >= 4 is 39.9 Å². The third kappa shape index (κ3) is 6.40. The standard InChI is InChI=1S/C14H12N4O6S.C2H6/c1-23-13(19)8-2-4-10(5-3-8)16-14(20)24-17-12(15)9-6-11(18(21)22)25-7-9;1-2/h2-7H,1H3,(H2,15,17)(H,16,20);1-2H3. The van der Waals surface area contributed by atoms with Crippen molar-refractivity contribution in [3.8, 4) is 0 Å². The molecular formula is C16H18N4O6S. The van der Waals surface area contributed by atoms with Gasteiger partial charge in [-0.2, -0.15) is 0 Å². The second-order valence-electron chi connectivity index (χ2n) is 4.48. The van der Waals surface area contributed by atoms with Crippen LogP contribution in [-0.4, -0.2) is 29.9 Å². The van der Waals surface area contributed by atoms with Crippen molar-refractivity contribution in [1.29, 1.82) is 0 Å². The molecule has 1 aromatic carbocycles. The number of anilines is 1. The number of benzene rings is 1. The smallest absolute Gasteiger partial charge is 0.437 e. The molecule has 0 saturated carbocycles. The molecule has 3 N–H and O–H groups in total. The Bertz CT molecular complexity index is 832. The first-order valence-corrected chi connectivity index (χ1v) is 8.52. The number of hydrogen-bond acceptors (Lipinski definition) is 8. The molecule has 27 heavy (non-hydrogen) atoms. The zero-order valence-electron chi connectivity index (χ0n) is 14.8. The lowest BCUT2D eigenvalue weighted by Gasteiger charge is -2.04. The van der Waals surface area contributed by atoms with Crippen molar-refractivity contribution < 1.29 is 24.1 Å². The van der Waals surface area contributed by atoms with Gasteiger partial charge in [0.1, 0.15) is 0 Å². The van der Waals surface area contributed by atoms with E-state index in [1.165, 1.54) is 42.8 Å². The second kappa shape index (κ2) is 10.5. The molecule has 0 aliphatic rings. The van der Waals surface area contributed by atoms with Crippen LogP contribution >= 0.6 is 11.3 Å². The predicted molar refractivity (Wildman–Crippen MR) is 101 cm³/mol. The van der Waals surface area contributed by atoms with Gasteiger partial charge in [-0.25, -0.2) is 9.59 Å². The zero-order valence-corrected chi connectivity index (χ0v) is 15.6. The number of carbonyl (C=O) groups is 2. The summed E-state index contributed by atoms with van der Waals surface area (Å²) >= 11 is 0.875. The number of oxime groups is 1. The Morgan fingerprint density at radius 2 is 1.85 bits per heavy atom. The number of nitrogens with two attached hydrogens (primary N) is 1. The fourth-order valence-corrected chi connectivity index (χ4v) is 2.36. The quantitative estimate of drug-likeness (QED) is 0.197. The molecule has 0 aliphatic heterocycles. The number of amidine groups is 1. The first-order valence-electron chi connectivity index (χ1n) is 7.64. The number of carbonyl (C=O) groups excluding carboxylic acids is 2. The number of thiophene rings is 1. The van der Waals surface area contributed by atoms with Crippen LogP contribution in [0.3, 0.4) is 0 Å². The Morgan fingerprint density at radius 1 is 1.22 bits per heavy atom. The highest BCUT2D eigenvalue weighted by Gasteiger charge is 2.13. The van der Waals surface area contributed by atoms with Crippen LogP contribution in [0.4, 0.5) is 15.5 Å². The summed E-state index contributed by atoms with van der Waals surface area (Å²) < 4.78 is 4.56. The minimum atomic E-state index is -0.918. The van der Waals surface area contributed by atoms with Crippen LogP contribution < -0.4 is 11.1 Å². The number of esters is 1. The van der Waals surface area contributed by atoms with Crippen molar-refractivity contribution in [2.45, 2.75) is 13.8 Å². The normalized spacial score (nSPS) is 10.3. The molecule has 0 spiro atoms. The summed E-state index contributed by atoms with van der Waals surface area (Å²) in [6, 6.07) is 7.09. The fourth-order valence-electron chi connectivity index (χ4n) is 1.65. The Morgan fingerprint density at radius 3 is 2.37 bits per heavy atom. The summed E-state index contributed by atoms with van der Waals surface area (Å²) in [5.41, 5.74) is 6.55. The molecule has 1 heterocycles. The third-order valence-corrected chi connectivity index (χ3v) is 3.72. The predicted octanol–water partition coefficient (Wildman–Crippen LogP) is 3.34. The number of nitro groups is 1. The molecule has 0 atom stereocenters. The Labute approximate surface area is 158 Å². The first-order chi connectivity index (χ1) is 12.9. The van der Waals surface area contributed by atoms with Crippen LogP contribution in [-0.2, 0) is 9.57 Å². The highest BCUT2D eigenvalue weighted by molar-refractivity contribution is 7.13. The molecule has 1 amide bonds. The van der Waals surface area contributed by atoms with Gasteiger partial charge in [0, 0.05) is 22.7 Å². The molecule has 2 rings (SSSR count). The lowest BCUT2D eigenvalue weighted by molar-refractivity contribution is -0.380. The molecule has 0 radical (unpaired) electrons. The van der Waals surface area contributed by atoms with E-state index in [2.05, 4.69) is 20.0 Å². The molecule has 0 fully saturated rings. The molecular weight excluding hydrogens is 376 g/mol. The van der Waals surface area contributed by atoms with Gasteiger partial charge >= 0.3 is 17.1 Å². The number of rotatable bonds is 5. The third-order valence-electron chi connectivity index (χ3n) is 2.84. The number of amides is 1. The number of nitrogens with one attached hydrogen (secondary N) is 1. The highest BCUT2D eigenvalue weighted by atomic mass is 32.1. The summed E-state index contributed by atoms with van der Waals surface area (Å²) in [5.74, 6) is -0.683. The van der Waals surface area contributed by atoms with E-state index in [0.29, 0.717) is 11.3 Å². The van der Waals surface area contributed by atoms with Crippen LogP contribution in [0, 0.1) is 10.1 Å². The van der Waals surface area contributed by atoms with Gasteiger partial charge in [-0.3, -0.25) is 20.3 Å². The fraction of sp³-hybridized carbons (Fsp3) is 0.188. The van der Waals surface area contributed by atoms with Gasteiger partial charge in [0.25, 0.3) is 0 Å². The van der Waals surface area contributed by atoms with E-state index in [0.717, 1.165) is 11.3 Å². The van der Waals surface area contributed by atoms with E-state index < -0.39 is 17.0 Å². The van der Waals surface area contributed by atoms with Gasteiger partial charge in [-0.15, -0.1) is 0 Å². The molecule has 11 heteroatoms. The minimum absolute atomic E-state index is 0.108. The van der Waals surface area contributed by atoms with Gasteiger partial charge in [0.15, 0.2) is 5.84 Å². The van der Waals surface area contributed by atoms with E-state index >= 15 is 0 Å². The molecule has 0 aliphatic carbocycles. The highest BCUT2D eigenvalue weighted by Crippen LogP contribution is 2.22. The molecule has 1 aromatic heterocycles. The van der Waals surface area contributed by atoms with Crippen LogP contribution in [0.1, 0.15) is 29.8 Å². The van der Waals surface area contributed by atoms with Crippen LogP contribution in [0.2, 0.25) is 0 Å². The van der Waals surface area contributed by atoms with Crippen LogP contribution in [0.15, 0.2) is 40.9 Å². The summed E-state index contributed by atoms with van der Waals surface area (Å²) in [6.45, 7) is 4.00. The lowest BCUT2D eigenvalue weighted by atomic mass is 10.2. The van der Waals surface area contributed by atoms with Gasteiger partial charge in [-0.1, -0.05) is 30.3 Å². The van der Waals surface area contributed by atoms with E-state index in [4.69, 9.17) is 5.73 Å². The summed E-state index contributed by atoms with van der Waals surface area (Å²) in [5, 5.41) is 17.7. The summed E-state index contributed by atoms with van der Waals surface area (Å²) in [7, 11) is 1.26. The van der Waals surface area contributed by atoms with Crippen molar-refractivity contribution in [3.05, 3.63) is 57.0 Å². The Kier molecular flexibility index (Phi) is 8.39. The molecule has 144 valence electrons. The monoisotopic (exact) mass is 394 g/mol. The second-order valence-corrected chi connectivity index (χ2v) is 5.37. The largest absolute Gasteiger partial charge is 0.465 e. The molecule has 0 unspecified atom stereocenters. The summed E-state index contributed by atoms with van der Waals surface area (Å²) in [6.07, 6.45) is -0.918. The molecule has 0 bridgehead atoms. The Balaban J connectivity index is 0.00000176. The van der Waals surface area contributed by atoms with Crippen LogP contribution in [0.25, 0.3) is 0 Å². The van der Waals surface area contributed by atoms with Crippen molar-refractivity contribution in [3.63, 3.8) is 0 Å². The van der Waals surface area contributed by atoms with Gasteiger partial charge in [0.05, 0.1) is 17.6 Å². The van der Waals surface area contributed by atoms with E-state index in [1.54, 1.807) is 0 Å². The van der Waals surface area contributed by atoms with Crippen LogP contribution in [0.5, 0.6) is 0 Å². The maximum absolute atomic E-state index is 11.6. The number of hydrogen-bond donors (Lipinski definition) is 2. The first kappa shape index (κ1) is 21.6.